The SMILES string of the molecule is Cc1ccccc1COc1cccc(NC(=O)N(C)CC(C)(C)O)c1. The Labute approximate surface area is 149 Å². The fourth-order valence-corrected chi connectivity index (χ4v) is 2.47. The van der Waals surface area contributed by atoms with Crippen LogP contribution in [0.5, 0.6) is 5.75 Å². The van der Waals surface area contributed by atoms with Crippen molar-refractivity contribution in [3.05, 3.63) is 59.7 Å². The standard InChI is InChI=1S/C20H26N2O3/c1-15-8-5-6-9-16(15)13-25-18-11-7-10-17(12-18)21-19(23)22(4)14-20(2,3)24/h5-12,24H,13-14H2,1-4H3,(H,21,23). The number of carbonyl (C=O) groups excluding carboxylic acids is 1. The molecule has 2 amide bonds. The third-order valence-corrected chi connectivity index (χ3v) is 3.71. The van der Waals surface area contributed by atoms with Crippen LogP contribution in [-0.4, -0.2) is 35.2 Å². The lowest BCUT2D eigenvalue weighted by Crippen LogP contribution is -2.41. The highest BCUT2D eigenvalue weighted by Crippen LogP contribution is 2.20. The Balaban J connectivity index is 1.97. The molecule has 0 radical (unpaired) electrons. The number of anilines is 1. The number of nitrogens with zero attached hydrogens (tertiary/aromatic N) is 1. The monoisotopic (exact) mass is 342 g/mol. The van der Waals surface area contributed by atoms with Crippen molar-refractivity contribution in [2.75, 3.05) is 18.9 Å². The van der Waals surface area contributed by atoms with E-state index in [9.17, 15) is 9.90 Å². The van der Waals surface area contributed by atoms with Crippen LogP contribution in [0.15, 0.2) is 48.5 Å². The van der Waals surface area contributed by atoms with Crippen molar-refractivity contribution in [2.24, 2.45) is 0 Å². The van der Waals surface area contributed by atoms with Gasteiger partial charge in [0.15, 0.2) is 0 Å². The predicted octanol–water partition coefficient (Wildman–Crippen LogP) is 3.81. The van der Waals surface area contributed by atoms with Crippen LogP contribution in [0.2, 0.25) is 0 Å². The minimum absolute atomic E-state index is 0.238. The second-order valence-electron chi connectivity index (χ2n) is 6.84. The Hall–Kier alpha value is -2.53. The maximum Gasteiger partial charge on any atom is 0.321 e. The highest BCUT2D eigenvalue weighted by molar-refractivity contribution is 5.89. The van der Waals surface area contributed by atoms with Crippen LogP contribution in [0.25, 0.3) is 0 Å². The van der Waals surface area contributed by atoms with Gasteiger partial charge in [-0.25, -0.2) is 4.79 Å². The zero-order valence-electron chi connectivity index (χ0n) is 15.2. The smallest absolute Gasteiger partial charge is 0.321 e. The van der Waals surface area contributed by atoms with Crippen LogP contribution in [0, 0.1) is 6.92 Å². The largest absolute Gasteiger partial charge is 0.489 e. The normalized spacial score (nSPS) is 11.1. The Kier molecular flexibility index (Phi) is 6.04. The molecule has 0 unspecified atom stereocenters. The molecule has 2 rings (SSSR count). The summed E-state index contributed by atoms with van der Waals surface area (Å²) in [6.45, 7) is 6.09. The molecular formula is C20H26N2O3. The molecule has 0 aromatic heterocycles. The van der Waals surface area contributed by atoms with E-state index in [2.05, 4.69) is 5.32 Å². The van der Waals surface area contributed by atoms with Crippen LogP contribution in [0.1, 0.15) is 25.0 Å². The topological polar surface area (TPSA) is 61.8 Å². The molecule has 0 aliphatic carbocycles. The first kappa shape index (κ1) is 18.8. The first-order valence-corrected chi connectivity index (χ1v) is 8.26. The van der Waals surface area contributed by atoms with Crippen LogP contribution < -0.4 is 10.1 Å². The van der Waals surface area contributed by atoms with E-state index in [4.69, 9.17) is 4.74 Å². The van der Waals surface area contributed by atoms with E-state index in [1.165, 1.54) is 10.5 Å². The summed E-state index contributed by atoms with van der Waals surface area (Å²) in [6, 6.07) is 15.1. The Bertz CT molecular complexity index is 723. The molecule has 2 aromatic rings. The highest BCUT2D eigenvalue weighted by atomic mass is 16.5. The zero-order chi connectivity index (χ0) is 18.4. The summed E-state index contributed by atoms with van der Waals surface area (Å²) in [5.41, 5.74) is 2.02. The second-order valence-corrected chi connectivity index (χ2v) is 6.84. The number of hydrogen-bond donors (Lipinski definition) is 2. The summed E-state index contributed by atoms with van der Waals surface area (Å²) < 4.78 is 5.83. The minimum atomic E-state index is -0.940. The Morgan fingerprint density at radius 3 is 2.60 bits per heavy atom. The predicted molar refractivity (Wildman–Crippen MR) is 99.9 cm³/mol. The van der Waals surface area contributed by atoms with E-state index in [1.807, 2.05) is 43.3 Å². The molecule has 2 N–H and O–H groups in total. The molecular weight excluding hydrogens is 316 g/mol. The Morgan fingerprint density at radius 2 is 1.92 bits per heavy atom. The molecule has 134 valence electrons. The number of hydrogen-bond acceptors (Lipinski definition) is 3. The van der Waals surface area contributed by atoms with E-state index in [0.717, 1.165) is 5.56 Å². The number of ether oxygens (including phenoxy) is 1. The fraction of sp³-hybridized carbons (Fsp3) is 0.350. The van der Waals surface area contributed by atoms with Crippen molar-refractivity contribution in [1.82, 2.24) is 4.90 Å². The van der Waals surface area contributed by atoms with Crippen molar-refractivity contribution >= 4 is 11.7 Å². The number of amides is 2. The lowest BCUT2D eigenvalue weighted by atomic mass is 10.1. The second kappa shape index (κ2) is 8.03. The maximum absolute atomic E-state index is 12.2. The maximum atomic E-state index is 12.2. The number of nitrogens with one attached hydrogen (secondary N) is 1. The van der Waals surface area contributed by atoms with Crippen molar-refractivity contribution in [3.63, 3.8) is 0 Å². The molecule has 0 fully saturated rings. The van der Waals surface area contributed by atoms with Gasteiger partial charge in [0.2, 0.25) is 0 Å². The molecule has 0 aliphatic rings. The average molecular weight is 342 g/mol. The van der Waals surface area contributed by atoms with Crippen LogP contribution in [0.4, 0.5) is 10.5 Å². The van der Waals surface area contributed by atoms with Gasteiger partial charge >= 0.3 is 6.03 Å². The molecule has 0 aliphatic heterocycles. The van der Waals surface area contributed by atoms with Gasteiger partial charge in [-0.1, -0.05) is 30.3 Å². The fourth-order valence-electron chi connectivity index (χ4n) is 2.47. The summed E-state index contributed by atoms with van der Waals surface area (Å²) in [6.07, 6.45) is 0. The quantitative estimate of drug-likeness (QED) is 0.839. The number of rotatable bonds is 6. The van der Waals surface area contributed by atoms with Crippen molar-refractivity contribution in [3.8, 4) is 5.75 Å². The molecule has 0 atom stereocenters. The number of likely N-dealkylation sites (N-methyl/N-ethyl adjacent to an activating group) is 1. The van der Waals surface area contributed by atoms with Crippen LogP contribution >= 0.6 is 0 Å². The molecule has 0 spiro atoms. The van der Waals surface area contributed by atoms with Gasteiger partial charge in [0.05, 0.1) is 12.1 Å². The number of benzene rings is 2. The first-order valence-electron chi connectivity index (χ1n) is 8.26. The van der Waals surface area contributed by atoms with E-state index in [1.54, 1.807) is 33.0 Å². The summed E-state index contributed by atoms with van der Waals surface area (Å²) in [4.78, 5) is 13.6. The van der Waals surface area contributed by atoms with E-state index in [0.29, 0.717) is 18.0 Å². The molecule has 0 bridgehead atoms. The number of carbonyl (C=O) groups is 1. The molecule has 2 aromatic carbocycles. The van der Waals surface area contributed by atoms with Gasteiger partial charge in [0.1, 0.15) is 12.4 Å². The molecule has 5 nitrogen and oxygen atoms in total. The van der Waals surface area contributed by atoms with Crippen molar-refractivity contribution < 1.29 is 14.6 Å². The third kappa shape index (κ3) is 6.12. The van der Waals surface area contributed by atoms with Crippen molar-refractivity contribution in [1.29, 1.82) is 0 Å². The lowest BCUT2D eigenvalue weighted by molar-refractivity contribution is 0.0550. The number of aryl methyl sites for hydroxylation is 1. The lowest BCUT2D eigenvalue weighted by Gasteiger charge is -2.25. The van der Waals surface area contributed by atoms with E-state index in [-0.39, 0.29) is 12.6 Å². The third-order valence-electron chi connectivity index (χ3n) is 3.71. The first-order chi connectivity index (χ1) is 11.7. The van der Waals surface area contributed by atoms with Gasteiger partial charge in [-0.05, 0) is 44.0 Å². The molecule has 0 saturated heterocycles. The van der Waals surface area contributed by atoms with Gasteiger partial charge < -0.3 is 20.1 Å². The highest BCUT2D eigenvalue weighted by Gasteiger charge is 2.19. The summed E-state index contributed by atoms with van der Waals surface area (Å²) in [5, 5.41) is 12.6. The zero-order valence-corrected chi connectivity index (χ0v) is 15.2. The number of aliphatic hydroxyl groups is 1. The molecule has 0 saturated carbocycles. The summed E-state index contributed by atoms with van der Waals surface area (Å²) >= 11 is 0. The molecule has 5 heteroatoms. The minimum Gasteiger partial charge on any atom is -0.489 e. The van der Waals surface area contributed by atoms with E-state index < -0.39 is 5.60 Å². The van der Waals surface area contributed by atoms with E-state index >= 15 is 0 Å². The number of urea groups is 1. The van der Waals surface area contributed by atoms with Crippen LogP contribution in [0.3, 0.4) is 0 Å². The van der Waals surface area contributed by atoms with Gasteiger partial charge in [-0.15, -0.1) is 0 Å². The summed E-state index contributed by atoms with van der Waals surface area (Å²) in [5.74, 6) is 0.686. The molecule has 25 heavy (non-hydrogen) atoms. The average Bonchev–Trinajstić information content (AvgIpc) is 2.53. The van der Waals surface area contributed by atoms with Crippen LogP contribution in [-0.2, 0) is 6.61 Å². The van der Waals surface area contributed by atoms with Gasteiger partial charge in [0, 0.05) is 18.8 Å². The van der Waals surface area contributed by atoms with Crippen molar-refractivity contribution in [2.45, 2.75) is 33.0 Å². The Morgan fingerprint density at radius 1 is 1.20 bits per heavy atom. The molecule has 0 heterocycles. The van der Waals surface area contributed by atoms with Gasteiger partial charge in [-0.2, -0.15) is 0 Å². The van der Waals surface area contributed by atoms with Gasteiger partial charge in [-0.3, -0.25) is 0 Å². The van der Waals surface area contributed by atoms with Gasteiger partial charge in [0.25, 0.3) is 0 Å². The summed E-state index contributed by atoms with van der Waals surface area (Å²) in [7, 11) is 1.64.